The first kappa shape index (κ1) is 22.9. The van der Waals surface area contributed by atoms with Crippen LogP contribution < -0.4 is 10.1 Å². The Hall–Kier alpha value is -3.91. The number of amides is 1. The molecule has 5 rings (SSSR count). The quantitative estimate of drug-likeness (QED) is 0.443. The van der Waals surface area contributed by atoms with Gasteiger partial charge in [0.25, 0.3) is 5.91 Å². The van der Waals surface area contributed by atoms with E-state index in [1.54, 1.807) is 19.5 Å². The van der Waals surface area contributed by atoms with Crippen molar-refractivity contribution in [3.8, 4) is 5.75 Å². The van der Waals surface area contributed by atoms with Crippen molar-refractivity contribution in [2.45, 2.75) is 13.0 Å². The molecule has 8 heteroatoms. The number of anilines is 1. The zero-order valence-electron chi connectivity index (χ0n) is 19.8. The molecular weight excluding hydrogens is 442 g/mol. The lowest BCUT2D eigenvalue weighted by atomic mass is 9.99. The van der Waals surface area contributed by atoms with Crippen LogP contribution in [0.5, 0.6) is 5.75 Å². The van der Waals surface area contributed by atoms with Gasteiger partial charge in [-0.25, -0.2) is 4.52 Å². The predicted octanol–water partition coefficient (Wildman–Crippen LogP) is 3.68. The van der Waals surface area contributed by atoms with Gasteiger partial charge in [0.1, 0.15) is 5.75 Å². The highest BCUT2D eigenvalue weighted by Crippen LogP contribution is 2.27. The molecule has 8 nitrogen and oxygen atoms in total. The minimum absolute atomic E-state index is 0.00215. The molecule has 1 atom stereocenters. The molecule has 1 N–H and O–H groups in total. The summed E-state index contributed by atoms with van der Waals surface area (Å²) in [5.74, 6) is 0.893. The maximum absolute atomic E-state index is 13.5. The van der Waals surface area contributed by atoms with Gasteiger partial charge >= 0.3 is 0 Å². The third kappa shape index (κ3) is 5.27. The summed E-state index contributed by atoms with van der Waals surface area (Å²) in [7, 11) is 1.63. The second-order valence-electron chi connectivity index (χ2n) is 8.71. The largest absolute Gasteiger partial charge is 0.495 e. The van der Waals surface area contributed by atoms with Gasteiger partial charge in [-0.15, -0.1) is 0 Å². The number of rotatable bonds is 7. The molecule has 0 saturated carbocycles. The van der Waals surface area contributed by atoms with Crippen LogP contribution in [0.25, 0.3) is 5.52 Å². The monoisotopic (exact) mass is 471 g/mol. The summed E-state index contributed by atoms with van der Waals surface area (Å²) in [5, 5.41) is 7.72. The topological polar surface area (TPSA) is 81.0 Å². The summed E-state index contributed by atoms with van der Waals surface area (Å²) in [6.45, 7) is 2.97. The summed E-state index contributed by atoms with van der Waals surface area (Å²) < 4.78 is 13.3. The van der Waals surface area contributed by atoms with Crippen LogP contribution in [0.2, 0.25) is 0 Å². The molecule has 1 aliphatic rings. The van der Waals surface area contributed by atoms with Crippen LogP contribution in [0.1, 0.15) is 21.5 Å². The molecule has 180 valence electrons. The van der Waals surface area contributed by atoms with E-state index in [1.165, 1.54) is 5.56 Å². The van der Waals surface area contributed by atoms with Crippen LogP contribution in [0.3, 0.4) is 0 Å². The molecule has 35 heavy (non-hydrogen) atoms. The first-order valence-corrected chi connectivity index (χ1v) is 11.8. The maximum atomic E-state index is 13.5. The van der Waals surface area contributed by atoms with E-state index in [0.717, 1.165) is 23.2 Å². The van der Waals surface area contributed by atoms with Crippen molar-refractivity contribution in [1.29, 1.82) is 0 Å². The lowest BCUT2D eigenvalue weighted by Crippen LogP contribution is -2.36. The zero-order chi connectivity index (χ0) is 24.0. The van der Waals surface area contributed by atoms with Crippen LogP contribution in [0, 0.1) is 5.92 Å². The summed E-state index contributed by atoms with van der Waals surface area (Å²) in [6, 6.07) is 15.6. The SMILES string of the molecule is COc1ccc(C(=O)N2CCOC[C@@H](Cc3cccn4nccc34)C2)cc1NCc1ccncc1. The molecule has 1 fully saturated rings. The number of nitrogens with one attached hydrogen (secondary N) is 1. The average Bonchev–Trinajstić information content (AvgIpc) is 3.27. The minimum Gasteiger partial charge on any atom is -0.495 e. The molecule has 1 aliphatic heterocycles. The van der Waals surface area contributed by atoms with E-state index in [1.807, 2.05) is 64.3 Å². The number of hydrogen-bond acceptors (Lipinski definition) is 6. The zero-order valence-corrected chi connectivity index (χ0v) is 19.8. The normalized spacial score (nSPS) is 16.1. The number of hydrogen-bond donors (Lipinski definition) is 1. The Morgan fingerprint density at radius 1 is 1.17 bits per heavy atom. The maximum Gasteiger partial charge on any atom is 0.254 e. The van der Waals surface area contributed by atoms with Crippen LogP contribution in [0.4, 0.5) is 5.69 Å². The Morgan fingerprint density at radius 3 is 2.91 bits per heavy atom. The molecule has 3 aromatic heterocycles. The highest BCUT2D eigenvalue weighted by molar-refractivity contribution is 5.95. The van der Waals surface area contributed by atoms with Crippen molar-refractivity contribution in [2.24, 2.45) is 5.92 Å². The molecule has 1 aromatic carbocycles. The van der Waals surface area contributed by atoms with Gasteiger partial charge in [-0.3, -0.25) is 9.78 Å². The summed E-state index contributed by atoms with van der Waals surface area (Å²) in [5.41, 5.74) is 4.81. The molecule has 1 saturated heterocycles. The van der Waals surface area contributed by atoms with Gasteiger partial charge in [0.15, 0.2) is 0 Å². The van der Waals surface area contributed by atoms with Crippen LogP contribution in [-0.2, 0) is 17.7 Å². The third-order valence-electron chi connectivity index (χ3n) is 6.34. The van der Waals surface area contributed by atoms with Gasteiger partial charge in [-0.1, -0.05) is 6.07 Å². The van der Waals surface area contributed by atoms with Crippen molar-refractivity contribution in [1.82, 2.24) is 19.5 Å². The lowest BCUT2D eigenvalue weighted by Gasteiger charge is -2.24. The summed E-state index contributed by atoms with van der Waals surface area (Å²) in [6.07, 6.45) is 8.10. The average molecular weight is 472 g/mol. The van der Waals surface area contributed by atoms with Gasteiger partial charge in [0.05, 0.1) is 31.5 Å². The van der Waals surface area contributed by atoms with Crippen molar-refractivity contribution in [3.05, 3.63) is 90.0 Å². The van der Waals surface area contributed by atoms with E-state index < -0.39 is 0 Å². The summed E-state index contributed by atoms with van der Waals surface area (Å²) in [4.78, 5) is 19.5. The minimum atomic E-state index is -0.00215. The van der Waals surface area contributed by atoms with E-state index in [4.69, 9.17) is 9.47 Å². The molecule has 0 unspecified atom stereocenters. The number of carbonyl (C=O) groups excluding carboxylic acids is 1. The second kappa shape index (κ2) is 10.6. The fraction of sp³-hybridized carbons (Fsp3) is 0.296. The first-order valence-electron chi connectivity index (χ1n) is 11.8. The van der Waals surface area contributed by atoms with E-state index in [2.05, 4.69) is 21.5 Å². The third-order valence-corrected chi connectivity index (χ3v) is 6.34. The second-order valence-corrected chi connectivity index (χ2v) is 8.71. The number of methoxy groups -OCH3 is 1. The van der Waals surface area contributed by atoms with Gasteiger partial charge < -0.3 is 19.7 Å². The molecule has 0 radical (unpaired) electrons. The van der Waals surface area contributed by atoms with Crippen molar-refractivity contribution in [2.75, 3.05) is 38.7 Å². The molecular formula is C27H29N5O3. The number of aromatic nitrogens is 3. The fourth-order valence-electron chi connectivity index (χ4n) is 4.54. The molecule has 0 aliphatic carbocycles. The van der Waals surface area contributed by atoms with E-state index in [9.17, 15) is 4.79 Å². The van der Waals surface area contributed by atoms with Gasteiger partial charge in [-0.05, 0) is 60.0 Å². The molecule has 4 aromatic rings. The van der Waals surface area contributed by atoms with Crippen LogP contribution >= 0.6 is 0 Å². The van der Waals surface area contributed by atoms with Gasteiger partial charge in [0.2, 0.25) is 0 Å². The molecule has 1 amide bonds. The first-order chi connectivity index (χ1) is 17.2. The Labute approximate surface area is 204 Å². The molecule has 0 spiro atoms. The number of nitrogens with zero attached hydrogens (tertiary/aromatic N) is 4. The van der Waals surface area contributed by atoms with Gasteiger partial charge in [0, 0.05) is 55.9 Å². The van der Waals surface area contributed by atoms with Crippen molar-refractivity contribution < 1.29 is 14.3 Å². The van der Waals surface area contributed by atoms with Crippen molar-refractivity contribution in [3.63, 3.8) is 0 Å². The van der Waals surface area contributed by atoms with Crippen molar-refractivity contribution >= 4 is 17.1 Å². The highest BCUT2D eigenvalue weighted by Gasteiger charge is 2.25. The highest BCUT2D eigenvalue weighted by atomic mass is 16.5. The molecule has 0 bridgehead atoms. The smallest absolute Gasteiger partial charge is 0.254 e. The fourth-order valence-corrected chi connectivity index (χ4v) is 4.54. The lowest BCUT2D eigenvalue weighted by molar-refractivity contribution is 0.0737. The Balaban J connectivity index is 1.31. The van der Waals surface area contributed by atoms with E-state index >= 15 is 0 Å². The Morgan fingerprint density at radius 2 is 2.06 bits per heavy atom. The van der Waals surface area contributed by atoms with E-state index in [0.29, 0.717) is 44.2 Å². The number of pyridine rings is 2. The number of fused-ring (bicyclic) bond motifs is 1. The predicted molar refractivity (Wildman–Crippen MR) is 134 cm³/mol. The van der Waals surface area contributed by atoms with Crippen LogP contribution in [0.15, 0.2) is 73.3 Å². The Bertz CT molecular complexity index is 1290. The summed E-state index contributed by atoms with van der Waals surface area (Å²) >= 11 is 0. The standard InChI is InChI=1S/C27H29N5O3/c1-34-26-5-4-23(16-24(26)29-17-20-6-9-28-10-7-20)27(33)31-13-14-35-19-21(18-31)15-22-3-2-12-32-25(22)8-11-30-32/h2-12,16,21,29H,13-15,17-19H2,1H3/t21-/m0/s1. The van der Waals surface area contributed by atoms with E-state index in [-0.39, 0.29) is 11.8 Å². The number of ether oxygens (including phenoxy) is 2. The Kier molecular flexibility index (Phi) is 6.90. The number of benzene rings is 1. The van der Waals surface area contributed by atoms with Gasteiger partial charge in [-0.2, -0.15) is 5.10 Å². The van der Waals surface area contributed by atoms with Crippen LogP contribution in [-0.4, -0.2) is 58.8 Å². The number of carbonyl (C=O) groups is 1. The molecule has 4 heterocycles.